The average Bonchev–Trinajstić information content (AvgIpc) is 2.99. The molecule has 0 atom stereocenters. The van der Waals surface area contributed by atoms with Gasteiger partial charge in [0.2, 0.25) is 5.91 Å². The number of carbonyl (C=O) groups excluding carboxylic acids is 1. The Morgan fingerprint density at radius 1 is 1.03 bits per heavy atom. The Kier molecular flexibility index (Phi) is 6.74. The number of nitrogens with zero attached hydrogens (tertiary/aromatic N) is 1. The van der Waals surface area contributed by atoms with Gasteiger partial charge in [0.1, 0.15) is 5.75 Å². The Morgan fingerprint density at radius 3 is 2.53 bits per heavy atom. The van der Waals surface area contributed by atoms with E-state index in [1.165, 1.54) is 5.56 Å². The fourth-order valence-corrected chi connectivity index (χ4v) is 4.11. The molecule has 6 heteroatoms. The minimum atomic E-state index is 0.00651. The maximum Gasteiger partial charge on any atom is 0.238 e. The highest BCUT2D eigenvalue weighted by Crippen LogP contribution is 2.32. The topological polar surface area (TPSA) is 71.0 Å². The Morgan fingerprint density at radius 2 is 1.77 bits per heavy atom. The number of likely N-dealkylation sites (tertiary alicyclic amines) is 1. The van der Waals surface area contributed by atoms with Crippen molar-refractivity contribution in [2.75, 3.05) is 38.2 Å². The second-order valence-electron chi connectivity index (χ2n) is 8.18. The summed E-state index contributed by atoms with van der Waals surface area (Å²) in [6.07, 6.45) is 5.30. The average molecular weight is 411 g/mol. The fraction of sp³-hybridized carbons (Fsp3) is 0.458. The van der Waals surface area contributed by atoms with Gasteiger partial charge in [-0.3, -0.25) is 9.69 Å². The van der Waals surface area contributed by atoms with Gasteiger partial charge < -0.3 is 19.9 Å². The van der Waals surface area contributed by atoms with Crippen molar-refractivity contribution in [3.8, 4) is 17.2 Å². The van der Waals surface area contributed by atoms with E-state index in [1.807, 2.05) is 30.3 Å². The minimum Gasteiger partial charge on any atom is -0.508 e. The summed E-state index contributed by atoms with van der Waals surface area (Å²) in [5, 5.41) is 12.4. The standard InChI is InChI=1S/C24H30N2O4/c27-21-7-4-18(5-8-21)2-3-19-10-12-26(13-11-19)17-24(28)25-20-6-9-22-23(16-20)30-15-1-14-29-22/h4-9,16,19,27H,1-3,10-15,17H2,(H,25,28). The van der Waals surface area contributed by atoms with Crippen LogP contribution >= 0.6 is 0 Å². The van der Waals surface area contributed by atoms with E-state index >= 15 is 0 Å². The van der Waals surface area contributed by atoms with Crippen LogP contribution in [0.25, 0.3) is 0 Å². The van der Waals surface area contributed by atoms with Crippen molar-refractivity contribution in [2.45, 2.75) is 32.1 Å². The Labute approximate surface area is 177 Å². The molecule has 0 aromatic heterocycles. The molecule has 30 heavy (non-hydrogen) atoms. The number of phenolic OH excluding ortho intramolecular Hbond substituents is 1. The molecule has 0 aliphatic carbocycles. The maximum absolute atomic E-state index is 12.5. The van der Waals surface area contributed by atoms with Gasteiger partial charge in [-0.15, -0.1) is 0 Å². The predicted octanol–water partition coefficient (Wildman–Crippen LogP) is 3.84. The SMILES string of the molecule is O=C(CN1CCC(CCc2ccc(O)cc2)CC1)Nc1ccc2c(c1)OCCCO2. The number of aryl methyl sites for hydroxylation is 1. The van der Waals surface area contributed by atoms with Gasteiger partial charge in [-0.1, -0.05) is 12.1 Å². The Hall–Kier alpha value is -2.73. The van der Waals surface area contributed by atoms with Gasteiger partial charge in [-0.25, -0.2) is 0 Å². The molecule has 0 spiro atoms. The lowest BCUT2D eigenvalue weighted by molar-refractivity contribution is -0.117. The molecule has 2 heterocycles. The van der Waals surface area contributed by atoms with Crippen molar-refractivity contribution in [2.24, 2.45) is 5.92 Å². The Balaban J connectivity index is 1.20. The summed E-state index contributed by atoms with van der Waals surface area (Å²) in [6, 6.07) is 13.0. The summed E-state index contributed by atoms with van der Waals surface area (Å²) >= 11 is 0. The molecule has 0 saturated carbocycles. The van der Waals surface area contributed by atoms with Crippen LogP contribution in [0.5, 0.6) is 17.2 Å². The number of fused-ring (bicyclic) bond motifs is 1. The Bertz CT molecular complexity index is 845. The zero-order chi connectivity index (χ0) is 20.8. The number of hydrogen-bond donors (Lipinski definition) is 2. The van der Waals surface area contributed by atoms with E-state index in [0.717, 1.165) is 56.6 Å². The highest BCUT2D eigenvalue weighted by atomic mass is 16.5. The van der Waals surface area contributed by atoms with Gasteiger partial charge in [0.25, 0.3) is 0 Å². The van der Waals surface area contributed by atoms with Crippen molar-refractivity contribution in [1.29, 1.82) is 0 Å². The normalized spacial score (nSPS) is 17.3. The molecule has 2 aromatic rings. The third kappa shape index (κ3) is 5.66. The number of rotatable bonds is 6. The van der Waals surface area contributed by atoms with Gasteiger partial charge in [0.15, 0.2) is 11.5 Å². The zero-order valence-corrected chi connectivity index (χ0v) is 17.3. The molecule has 160 valence electrons. The summed E-state index contributed by atoms with van der Waals surface area (Å²) in [7, 11) is 0. The first kappa shape index (κ1) is 20.5. The largest absolute Gasteiger partial charge is 0.508 e. The second kappa shape index (κ2) is 9.85. The van der Waals surface area contributed by atoms with Crippen LogP contribution in [0.2, 0.25) is 0 Å². The highest BCUT2D eigenvalue weighted by molar-refractivity contribution is 5.92. The quantitative estimate of drug-likeness (QED) is 0.757. The summed E-state index contributed by atoms with van der Waals surface area (Å²) in [5.74, 6) is 2.45. The van der Waals surface area contributed by atoms with Crippen molar-refractivity contribution in [3.63, 3.8) is 0 Å². The second-order valence-corrected chi connectivity index (χ2v) is 8.18. The molecule has 0 unspecified atom stereocenters. The van der Waals surface area contributed by atoms with Gasteiger partial charge >= 0.3 is 0 Å². The molecule has 1 fully saturated rings. The van der Waals surface area contributed by atoms with Crippen LogP contribution in [0.4, 0.5) is 5.69 Å². The van der Waals surface area contributed by atoms with E-state index in [2.05, 4.69) is 10.2 Å². The predicted molar refractivity (Wildman–Crippen MR) is 116 cm³/mol. The number of benzene rings is 2. The molecule has 4 rings (SSSR count). The molecule has 6 nitrogen and oxygen atoms in total. The molecule has 2 aliphatic heterocycles. The number of aromatic hydroxyl groups is 1. The van der Waals surface area contributed by atoms with Crippen molar-refractivity contribution >= 4 is 11.6 Å². The summed E-state index contributed by atoms with van der Waals surface area (Å²) in [5.41, 5.74) is 2.01. The van der Waals surface area contributed by atoms with Crippen molar-refractivity contribution < 1.29 is 19.4 Å². The molecule has 0 bridgehead atoms. The zero-order valence-electron chi connectivity index (χ0n) is 17.3. The molecule has 2 aromatic carbocycles. The number of amides is 1. The number of carbonyl (C=O) groups is 1. The van der Waals surface area contributed by atoms with Crippen molar-refractivity contribution in [1.82, 2.24) is 4.90 Å². The molecule has 2 N–H and O–H groups in total. The summed E-state index contributed by atoms with van der Waals surface area (Å²) in [6.45, 7) is 3.61. The van der Waals surface area contributed by atoms with Crippen LogP contribution in [0.3, 0.4) is 0 Å². The van der Waals surface area contributed by atoms with Crippen LogP contribution < -0.4 is 14.8 Å². The van der Waals surface area contributed by atoms with Crippen LogP contribution in [0.15, 0.2) is 42.5 Å². The third-order valence-electron chi connectivity index (χ3n) is 5.88. The minimum absolute atomic E-state index is 0.00651. The first-order valence-electron chi connectivity index (χ1n) is 10.9. The third-order valence-corrected chi connectivity index (χ3v) is 5.88. The lowest BCUT2D eigenvalue weighted by Crippen LogP contribution is -2.39. The first-order valence-corrected chi connectivity index (χ1v) is 10.9. The van der Waals surface area contributed by atoms with E-state index in [4.69, 9.17) is 9.47 Å². The molecule has 1 saturated heterocycles. The van der Waals surface area contributed by atoms with Crippen LogP contribution in [-0.4, -0.2) is 48.8 Å². The summed E-state index contributed by atoms with van der Waals surface area (Å²) in [4.78, 5) is 14.7. The van der Waals surface area contributed by atoms with E-state index in [1.54, 1.807) is 12.1 Å². The van der Waals surface area contributed by atoms with Gasteiger partial charge in [-0.2, -0.15) is 0 Å². The first-order chi connectivity index (χ1) is 14.7. The number of hydrogen-bond acceptors (Lipinski definition) is 5. The van der Waals surface area contributed by atoms with E-state index in [-0.39, 0.29) is 5.91 Å². The van der Waals surface area contributed by atoms with Crippen LogP contribution in [-0.2, 0) is 11.2 Å². The van der Waals surface area contributed by atoms with Crippen LogP contribution in [0.1, 0.15) is 31.2 Å². The number of nitrogens with one attached hydrogen (secondary N) is 1. The molecule has 2 aliphatic rings. The molecule has 1 amide bonds. The molecular weight excluding hydrogens is 380 g/mol. The van der Waals surface area contributed by atoms with Crippen molar-refractivity contribution in [3.05, 3.63) is 48.0 Å². The lowest BCUT2D eigenvalue weighted by Gasteiger charge is -2.31. The molecular formula is C24H30N2O4. The van der Waals surface area contributed by atoms with E-state index in [9.17, 15) is 9.90 Å². The monoisotopic (exact) mass is 410 g/mol. The van der Waals surface area contributed by atoms with Gasteiger partial charge in [0, 0.05) is 18.2 Å². The van der Waals surface area contributed by atoms with E-state index in [0.29, 0.717) is 37.2 Å². The fourth-order valence-electron chi connectivity index (χ4n) is 4.11. The van der Waals surface area contributed by atoms with Gasteiger partial charge in [0.05, 0.1) is 19.8 Å². The number of ether oxygens (including phenoxy) is 2. The number of anilines is 1. The number of phenols is 1. The van der Waals surface area contributed by atoms with E-state index < -0.39 is 0 Å². The number of piperidine rings is 1. The highest BCUT2D eigenvalue weighted by Gasteiger charge is 2.21. The van der Waals surface area contributed by atoms with Gasteiger partial charge in [-0.05, 0) is 74.5 Å². The lowest BCUT2D eigenvalue weighted by atomic mass is 9.90. The van der Waals surface area contributed by atoms with Crippen LogP contribution in [0, 0.1) is 5.92 Å². The smallest absolute Gasteiger partial charge is 0.238 e. The molecule has 0 radical (unpaired) electrons. The summed E-state index contributed by atoms with van der Waals surface area (Å²) < 4.78 is 11.3. The maximum atomic E-state index is 12.5.